The lowest BCUT2D eigenvalue weighted by Crippen LogP contribution is -2.38. The lowest BCUT2D eigenvalue weighted by Gasteiger charge is -2.16. The number of aryl methyl sites for hydroxylation is 1. The average Bonchev–Trinajstić information content (AvgIpc) is 2.88. The van der Waals surface area contributed by atoms with Crippen molar-refractivity contribution < 1.29 is 9.59 Å². The predicted molar refractivity (Wildman–Crippen MR) is 82.9 cm³/mol. The highest BCUT2D eigenvalue weighted by atomic mass is 16.2. The molecule has 0 atom stereocenters. The van der Waals surface area contributed by atoms with E-state index in [1.54, 1.807) is 7.05 Å². The first kappa shape index (κ1) is 15.1. The number of H-pyrrole nitrogens is 1. The number of rotatable bonds is 6. The molecule has 2 N–H and O–H groups in total. The Bertz CT molecular complexity index is 633. The Morgan fingerprint density at radius 3 is 2.81 bits per heavy atom. The van der Waals surface area contributed by atoms with Gasteiger partial charge in [-0.3, -0.25) is 9.59 Å². The van der Waals surface area contributed by atoms with E-state index in [1.165, 1.54) is 4.90 Å². The number of aromatic amines is 1. The summed E-state index contributed by atoms with van der Waals surface area (Å²) in [6, 6.07) is 8.03. The van der Waals surface area contributed by atoms with Crippen LogP contribution in [-0.2, 0) is 16.0 Å². The summed E-state index contributed by atoms with van der Waals surface area (Å²) in [5, 5.41) is 3.84. The van der Waals surface area contributed by atoms with Crippen LogP contribution in [-0.4, -0.2) is 41.8 Å². The summed E-state index contributed by atoms with van der Waals surface area (Å²) in [4.78, 5) is 28.2. The van der Waals surface area contributed by atoms with Crippen molar-refractivity contribution in [3.63, 3.8) is 0 Å². The van der Waals surface area contributed by atoms with E-state index >= 15 is 0 Å². The topological polar surface area (TPSA) is 65.2 Å². The lowest BCUT2D eigenvalue weighted by atomic mass is 10.1. The quantitative estimate of drug-likeness (QED) is 0.849. The molecule has 1 aromatic heterocycles. The van der Waals surface area contributed by atoms with E-state index in [0.717, 1.165) is 16.5 Å². The van der Waals surface area contributed by atoms with Crippen LogP contribution in [0.4, 0.5) is 0 Å². The molecule has 0 saturated heterocycles. The molecule has 0 bridgehead atoms. The zero-order chi connectivity index (χ0) is 15.2. The zero-order valence-corrected chi connectivity index (χ0v) is 12.5. The van der Waals surface area contributed by atoms with E-state index in [9.17, 15) is 9.59 Å². The van der Waals surface area contributed by atoms with Crippen molar-refractivity contribution in [1.29, 1.82) is 0 Å². The standard InChI is InChI=1S/C16H21N3O2/c1-3-17-15(20)11-19(2)16(21)9-8-12-10-18-14-7-5-4-6-13(12)14/h4-7,10,18H,3,8-9,11H2,1-2H3,(H,17,20). The van der Waals surface area contributed by atoms with Crippen LogP contribution >= 0.6 is 0 Å². The van der Waals surface area contributed by atoms with Gasteiger partial charge >= 0.3 is 0 Å². The summed E-state index contributed by atoms with van der Waals surface area (Å²) in [5.41, 5.74) is 2.21. The van der Waals surface area contributed by atoms with Gasteiger partial charge in [0.2, 0.25) is 11.8 Å². The molecule has 2 amide bonds. The van der Waals surface area contributed by atoms with Crippen LogP contribution < -0.4 is 5.32 Å². The molecule has 1 aromatic carbocycles. The van der Waals surface area contributed by atoms with Crippen molar-refractivity contribution in [2.45, 2.75) is 19.8 Å². The van der Waals surface area contributed by atoms with Crippen LogP contribution in [0.5, 0.6) is 0 Å². The second-order valence-electron chi connectivity index (χ2n) is 5.06. The SMILES string of the molecule is CCNC(=O)CN(C)C(=O)CCc1c[nH]c2ccccc12. The smallest absolute Gasteiger partial charge is 0.239 e. The van der Waals surface area contributed by atoms with Gasteiger partial charge in [0, 0.05) is 37.1 Å². The first-order valence-electron chi connectivity index (χ1n) is 7.17. The predicted octanol–water partition coefficient (Wildman–Crippen LogP) is 1.69. The number of likely N-dealkylation sites (N-methyl/N-ethyl adjacent to an activating group) is 2. The van der Waals surface area contributed by atoms with Crippen molar-refractivity contribution in [2.75, 3.05) is 20.1 Å². The highest BCUT2D eigenvalue weighted by Gasteiger charge is 2.13. The molecule has 2 rings (SSSR count). The Balaban J connectivity index is 1.90. The fourth-order valence-electron chi connectivity index (χ4n) is 2.33. The molecule has 0 aliphatic rings. The van der Waals surface area contributed by atoms with Crippen LogP contribution in [0.25, 0.3) is 10.9 Å². The second-order valence-corrected chi connectivity index (χ2v) is 5.06. The van der Waals surface area contributed by atoms with Gasteiger partial charge in [-0.1, -0.05) is 18.2 Å². The number of para-hydroxylation sites is 1. The highest BCUT2D eigenvalue weighted by molar-refractivity contribution is 5.86. The lowest BCUT2D eigenvalue weighted by molar-refractivity contribution is -0.134. The highest BCUT2D eigenvalue weighted by Crippen LogP contribution is 2.19. The van der Waals surface area contributed by atoms with Gasteiger partial charge in [-0.15, -0.1) is 0 Å². The van der Waals surface area contributed by atoms with Gasteiger partial charge in [-0.2, -0.15) is 0 Å². The molecule has 0 radical (unpaired) electrons. The Hall–Kier alpha value is -2.30. The minimum absolute atomic E-state index is 0.0217. The molecule has 21 heavy (non-hydrogen) atoms. The maximum atomic E-state index is 12.0. The molecule has 0 spiro atoms. The minimum Gasteiger partial charge on any atom is -0.361 e. The normalized spacial score (nSPS) is 10.6. The Morgan fingerprint density at radius 1 is 1.29 bits per heavy atom. The number of amides is 2. The molecule has 112 valence electrons. The fourth-order valence-corrected chi connectivity index (χ4v) is 2.33. The van der Waals surface area contributed by atoms with Gasteiger partial charge in [0.15, 0.2) is 0 Å². The molecule has 0 aliphatic carbocycles. The number of benzene rings is 1. The summed E-state index contributed by atoms with van der Waals surface area (Å²) in [6.45, 7) is 2.55. The molecular weight excluding hydrogens is 266 g/mol. The summed E-state index contributed by atoms with van der Waals surface area (Å²) >= 11 is 0. The molecule has 0 aliphatic heterocycles. The second kappa shape index (κ2) is 6.92. The maximum absolute atomic E-state index is 12.0. The van der Waals surface area contributed by atoms with Crippen LogP contribution in [0.15, 0.2) is 30.5 Å². The van der Waals surface area contributed by atoms with Gasteiger partial charge < -0.3 is 15.2 Å². The van der Waals surface area contributed by atoms with Crippen molar-refractivity contribution >= 4 is 22.7 Å². The number of hydrogen-bond acceptors (Lipinski definition) is 2. The summed E-state index contributed by atoms with van der Waals surface area (Å²) in [5.74, 6) is -0.146. The molecular formula is C16H21N3O2. The van der Waals surface area contributed by atoms with Crippen molar-refractivity contribution in [3.8, 4) is 0 Å². The third-order valence-corrected chi connectivity index (χ3v) is 3.46. The first-order chi connectivity index (χ1) is 10.1. The van der Waals surface area contributed by atoms with Gasteiger partial charge in [0.25, 0.3) is 0 Å². The third-order valence-electron chi connectivity index (χ3n) is 3.46. The molecule has 0 unspecified atom stereocenters. The van der Waals surface area contributed by atoms with Crippen LogP contribution in [0.1, 0.15) is 18.9 Å². The first-order valence-corrected chi connectivity index (χ1v) is 7.17. The number of hydrogen-bond donors (Lipinski definition) is 2. The zero-order valence-electron chi connectivity index (χ0n) is 12.5. The number of carbonyl (C=O) groups is 2. The van der Waals surface area contributed by atoms with E-state index in [2.05, 4.69) is 10.3 Å². The van der Waals surface area contributed by atoms with E-state index in [4.69, 9.17) is 0 Å². The summed E-state index contributed by atoms with van der Waals surface area (Å²) in [7, 11) is 1.66. The van der Waals surface area contributed by atoms with Gasteiger partial charge in [-0.05, 0) is 25.0 Å². The van der Waals surface area contributed by atoms with E-state index in [0.29, 0.717) is 19.4 Å². The molecule has 2 aromatic rings. The van der Waals surface area contributed by atoms with Crippen molar-refractivity contribution in [2.24, 2.45) is 0 Å². The van der Waals surface area contributed by atoms with E-state index in [-0.39, 0.29) is 18.4 Å². The molecule has 1 heterocycles. The monoisotopic (exact) mass is 287 g/mol. The van der Waals surface area contributed by atoms with Crippen LogP contribution in [0.2, 0.25) is 0 Å². The number of nitrogens with zero attached hydrogens (tertiary/aromatic N) is 1. The van der Waals surface area contributed by atoms with Gasteiger partial charge in [0.1, 0.15) is 0 Å². The Morgan fingerprint density at radius 2 is 2.05 bits per heavy atom. The molecule has 0 saturated carbocycles. The summed E-state index contributed by atoms with van der Waals surface area (Å²) < 4.78 is 0. The molecule has 5 nitrogen and oxygen atoms in total. The maximum Gasteiger partial charge on any atom is 0.239 e. The minimum atomic E-state index is -0.125. The van der Waals surface area contributed by atoms with E-state index < -0.39 is 0 Å². The number of nitrogens with one attached hydrogen (secondary N) is 2. The Labute approximate surface area is 124 Å². The van der Waals surface area contributed by atoms with Crippen LogP contribution in [0.3, 0.4) is 0 Å². The summed E-state index contributed by atoms with van der Waals surface area (Å²) in [6.07, 6.45) is 3.02. The average molecular weight is 287 g/mol. The Kier molecular flexibility index (Phi) is 4.98. The van der Waals surface area contributed by atoms with Crippen molar-refractivity contribution in [3.05, 3.63) is 36.0 Å². The van der Waals surface area contributed by atoms with E-state index in [1.807, 2.05) is 37.4 Å². The molecule has 5 heteroatoms. The van der Waals surface area contributed by atoms with Crippen molar-refractivity contribution in [1.82, 2.24) is 15.2 Å². The molecule has 0 fully saturated rings. The number of carbonyl (C=O) groups excluding carboxylic acids is 2. The fraction of sp³-hybridized carbons (Fsp3) is 0.375. The largest absolute Gasteiger partial charge is 0.361 e. The third kappa shape index (κ3) is 3.84. The van der Waals surface area contributed by atoms with Gasteiger partial charge in [-0.25, -0.2) is 0 Å². The number of fused-ring (bicyclic) bond motifs is 1. The number of aromatic nitrogens is 1. The van der Waals surface area contributed by atoms with Crippen LogP contribution in [0, 0.1) is 0 Å². The van der Waals surface area contributed by atoms with Gasteiger partial charge in [0.05, 0.1) is 6.54 Å².